The minimum atomic E-state index is -0.546. The van der Waals surface area contributed by atoms with Gasteiger partial charge < -0.3 is 48.5 Å². The first-order chi connectivity index (χ1) is 23.6. The summed E-state index contributed by atoms with van der Waals surface area (Å²) in [5.41, 5.74) is 1.23. The normalized spacial score (nSPS) is 10.9. The number of methoxy groups -OCH3 is 1. The lowest BCUT2D eigenvalue weighted by Crippen LogP contribution is -2.34. The van der Waals surface area contributed by atoms with Gasteiger partial charge in [-0.05, 0) is 39.3 Å². The zero-order valence-electron chi connectivity index (χ0n) is 31.0. The predicted octanol–water partition coefficient (Wildman–Crippen LogP) is 5.30. The van der Waals surface area contributed by atoms with Gasteiger partial charge in [0.2, 0.25) is 6.79 Å². The van der Waals surface area contributed by atoms with E-state index in [0.717, 1.165) is 29.7 Å². The van der Waals surface area contributed by atoms with Gasteiger partial charge in [-0.2, -0.15) is 0 Å². The van der Waals surface area contributed by atoms with E-state index in [1.165, 1.54) is 18.4 Å². The van der Waals surface area contributed by atoms with Crippen molar-refractivity contribution in [1.82, 2.24) is 24.7 Å². The fourth-order valence-corrected chi connectivity index (χ4v) is 4.56. The van der Waals surface area contributed by atoms with Gasteiger partial charge in [-0.15, -0.1) is 0 Å². The van der Waals surface area contributed by atoms with Crippen LogP contribution in [0, 0.1) is 0 Å². The lowest BCUT2D eigenvalue weighted by atomic mass is 10.0. The summed E-state index contributed by atoms with van der Waals surface area (Å²) < 4.78 is 24.1. The molecule has 0 unspecified atom stereocenters. The number of hydrogen-bond donors (Lipinski definition) is 2. The molecule has 2 N–H and O–H groups in total. The van der Waals surface area contributed by atoms with Gasteiger partial charge in [0.1, 0.15) is 6.29 Å². The number of carbonyl (C=O) groups excluding carboxylic acids is 2. The van der Waals surface area contributed by atoms with E-state index in [9.17, 15) is 14.4 Å². The molecule has 1 aliphatic rings. The third-order valence-electron chi connectivity index (χ3n) is 6.82. The molecule has 2 aromatic heterocycles. The van der Waals surface area contributed by atoms with Gasteiger partial charge in [0.15, 0.2) is 23.0 Å². The van der Waals surface area contributed by atoms with Crippen molar-refractivity contribution < 1.29 is 33.6 Å². The molecule has 0 saturated carbocycles. The Morgan fingerprint density at radius 3 is 2.12 bits per heavy atom. The molecule has 0 spiro atoms. The molecule has 2 aromatic carbocycles. The molecule has 1 amide bonds. The smallest absolute Gasteiger partial charge is 0.415 e. The Kier molecular flexibility index (Phi) is 19.3. The SMILES string of the molecule is CC.CCC.CCC=O.CNCCN(C)C(=O)Oc1cc2c(=O)n(CCN(C)C)c3c4cc5c(cc4ncc3c2cc1OC)OCO5.CO. The summed E-state index contributed by atoms with van der Waals surface area (Å²) in [5, 5.41) is 12.6. The number of aliphatic hydroxyl groups excluding tert-OH is 1. The third-order valence-corrected chi connectivity index (χ3v) is 6.82. The van der Waals surface area contributed by atoms with Crippen LogP contribution >= 0.6 is 0 Å². The summed E-state index contributed by atoms with van der Waals surface area (Å²) in [4.78, 5) is 44.0. The molecule has 1 aliphatic heterocycles. The van der Waals surface area contributed by atoms with Crippen molar-refractivity contribution in [3.63, 3.8) is 0 Å². The summed E-state index contributed by atoms with van der Waals surface area (Å²) in [6.45, 7) is 12.4. The van der Waals surface area contributed by atoms with E-state index in [1.807, 2.05) is 58.9 Å². The number of aldehydes is 1. The first kappa shape index (κ1) is 42.6. The van der Waals surface area contributed by atoms with Crippen LogP contribution in [0.4, 0.5) is 4.79 Å². The van der Waals surface area contributed by atoms with E-state index in [-0.39, 0.29) is 18.1 Å². The van der Waals surface area contributed by atoms with Gasteiger partial charge in [0.25, 0.3) is 5.56 Å². The number of carbonyl (C=O) groups is 2. The number of benzene rings is 2. The minimum absolute atomic E-state index is 0.142. The van der Waals surface area contributed by atoms with Crippen LogP contribution in [0.5, 0.6) is 23.0 Å². The number of nitrogens with one attached hydrogen (secondary N) is 1. The predicted molar refractivity (Wildman–Crippen MR) is 197 cm³/mol. The number of pyridine rings is 2. The summed E-state index contributed by atoms with van der Waals surface area (Å²) >= 11 is 0. The second kappa shape index (κ2) is 22.2. The highest BCUT2D eigenvalue weighted by molar-refractivity contribution is 6.15. The Hall–Kier alpha value is -4.46. The lowest BCUT2D eigenvalue weighted by molar-refractivity contribution is -0.107. The van der Waals surface area contributed by atoms with E-state index >= 15 is 0 Å². The largest absolute Gasteiger partial charge is 0.493 e. The first-order valence-corrected chi connectivity index (χ1v) is 16.5. The fraction of sp³-hybridized carbons (Fsp3) is 0.500. The number of fused-ring (bicyclic) bond motifs is 6. The van der Waals surface area contributed by atoms with Gasteiger partial charge in [0.05, 0.1) is 23.5 Å². The van der Waals surface area contributed by atoms with Gasteiger partial charge >= 0.3 is 6.09 Å². The maximum absolute atomic E-state index is 14.0. The van der Waals surface area contributed by atoms with E-state index in [2.05, 4.69) is 24.1 Å². The zero-order valence-corrected chi connectivity index (χ0v) is 31.0. The standard InChI is InChI=1S/C27H31N5O6.C3H6O.C3H8.C2H6.CH4O/c1-28-6-7-31(4)27(34)38-24-11-17-16(10-21(24)35-5)19-14-29-20-13-23-22(36-15-37-23)12-18(20)25(19)32(26(17)33)9-8-30(2)3;1-2-3-4;1-3-2;2*1-2/h10-14,28H,6-9,15H2,1-5H3;3H,2H2,1H3;3H2,1-2H3;1-2H3;2H,1H3. The molecular formula is C36H55N5O8. The minimum Gasteiger partial charge on any atom is -0.493 e. The Bertz CT molecular complexity index is 1690. The van der Waals surface area contributed by atoms with Crippen LogP contribution < -0.4 is 29.8 Å². The number of amides is 1. The van der Waals surface area contributed by atoms with Crippen LogP contribution in [0.2, 0.25) is 0 Å². The lowest BCUT2D eigenvalue weighted by Gasteiger charge is -2.20. The molecule has 0 atom stereocenters. The summed E-state index contributed by atoms with van der Waals surface area (Å²) in [7, 11) is 9.87. The second-order valence-electron chi connectivity index (χ2n) is 10.7. The number of rotatable bonds is 9. The van der Waals surface area contributed by atoms with Crippen molar-refractivity contribution in [1.29, 1.82) is 0 Å². The van der Waals surface area contributed by atoms with E-state index in [1.54, 1.807) is 29.9 Å². The Morgan fingerprint density at radius 2 is 1.57 bits per heavy atom. The van der Waals surface area contributed by atoms with Crippen molar-refractivity contribution in [3.05, 3.63) is 40.8 Å². The number of nitrogens with zero attached hydrogens (tertiary/aromatic N) is 4. The summed E-state index contributed by atoms with van der Waals surface area (Å²) in [6, 6.07) is 7.01. The van der Waals surface area contributed by atoms with Crippen molar-refractivity contribution in [2.45, 2.75) is 54.0 Å². The Labute approximate surface area is 289 Å². The van der Waals surface area contributed by atoms with Crippen molar-refractivity contribution in [2.24, 2.45) is 0 Å². The van der Waals surface area contributed by atoms with E-state index < -0.39 is 6.09 Å². The molecule has 0 fully saturated rings. The van der Waals surface area contributed by atoms with Gasteiger partial charge in [-0.25, -0.2) is 4.79 Å². The monoisotopic (exact) mass is 685 g/mol. The molecule has 0 radical (unpaired) electrons. The number of aromatic nitrogens is 2. The molecule has 0 aliphatic carbocycles. The maximum atomic E-state index is 14.0. The van der Waals surface area contributed by atoms with Crippen molar-refractivity contribution >= 4 is 45.0 Å². The van der Waals surface area contributed by atoms with E-state index in [0.29, 0.717) is 66.1 Å². The molecule has 3 heterocycles. The fourth-order valence-electron chi connectivity index (χ4n) is 4.56. The van der Waals surface area contributed by atoms with E-state index in [4.69, 9.17) is 24.1 Å². The Morgan fingerprint density at radius 1 is 0.980 bits per heavy atom. The maximum Gasteiger partial charge on any atom is 0.415 e. The summed E-state index contributed by atoms with van der Waals surface area (Å²) in [5.74, 6) is 1.75. The number of hydrogen-bond acceptors (Lipinski definition) is 11. The Balaban J connectivity index is 0.000000973. The molecule has 49 heavy (non-hydrogen) atoms. The average molecular weight is 686 g/mol. The molecule has 13 heteroatoms. The van der Waals surface area contributed by atoms with Crippen molar-refractivity contribution in [2.75, 3.05) is 68.8 Å². The van der Waals surface area contributed by atoms with Gasteiger partial charge in [-0.3, -0.25) is 9.78 Å². The van der Waals surface area contributed by atoms with Gasteiger partial charge in [0, 0.05) is 75.2 Å². The molecule has 4 aromatic rings. The summed E-state index contributed by atoms with van der Waals surface area (Å²) in [6.07, 6.45) is 3.97. The van der Waals surface area contributed by atoms with Crippen LogP contribution in [0.3, 0.4) is 0 Å². The van der Waals surface area contributed by atoms with Crippen LogP contribution in [0.1, 0.15) is 47.5 Å². The molecule has 13 nitrogen and oxygen atoms in total. The van der Waals surface area contributed by atoms with Crippen molar-refractivity contribution in [3.8, 4) is 23.0 Å². The van der Waals surface area contributed by atoms with Crippen LogP contribution in [0.25, 0.3) is 32.6 Å². The second-order valence-corrected chi connectivity index (χ2v) is 10.7. The highest BCUT2D eigenvalue weighted by Gasteiger charge is 2.22. The molecule has 5 rings (SSSR count). The zero-order chi connectivity index (χ0) is 37.1. The average Bonchev–Trinajstić information content (AvgIpc) is 3.58. The molecular weight excluding hydrogens is 630 g/mol. The highest BCUT2D eigenvalue weighted by atomic mass is 16.7. The van der Waals surface area contributed by atoms with Crippen LogP contribution in [0.15, 0.2) is 35.3 Å². The molecule has 272 valence electrons. The quantitative estimate of drug-likeness (QED) is 0.175. The number of aliphatic hydroxyl groups is 1. The van der Waals surface area contributed by atoms with Crippen LogP contribution in [-0.4, -0.2) is 106 Å². The highest BCUT2D eigenvalue weighted by Crippen LogP contribution is 2.40. The van der Waals surface area contributed by atoms with Gasteiger partial charge in [-0.1, -0.05) is 41.0 Å². The van der Waals surface area contributed by atoms with Crippen LogP contribution in [-0.2, 0) is 11.3 Å². The molecule has 0 saturated heterocycles. The topological polar surface area (TPSA) is 145 Å². The first-order valence-electron chi connectivity index (χ1n) is 16.5. The third kappa shape index (κ3) is 11.0. The number of likely N-dealkylation sites (N-methyl/N-ethyl adjacent to an activating group) is 3. The number of ether oxygens (including phenoxy) is 4. The molecule has 0 bridgehead atoms.